The normalized spacial score (nSPS) is 10.5. The van der Waals surface area contributed by atoms with Crippen LogP contribution in [-0.4, -0.2) is 16.5 Å². The fourth-order valence-corrected chi connectivity index (χ4v) is 1.99. The van der Waals surface area contributed by atoms with Gasteiger partial charge in [-0.25, -0.2) is 9.97 Å². The Kier molecular flexibility index (Phi) is 3.42. The Morgan fingerprint density at radius 2 is 2.07 bits per heavy atom. The van der Waals surface area contributed by atoms with Crippen LogP contribution in [0.15, 0.2) is 29.9 Å². The Labute approximate surface area is 93.0 Å². The minimum absolute atomic E-state index is 0.715. The van der Waals surface area contributed by atoms with E-state index in [1.807, 2.05) is 29.9 Å². The lowest BCUT2D eigenvalue weighted by atomic mass is 10.2. The molecule has 2 N–H and O–H groups in total. The summed E-state index contributed by atoms with van der Waals surface area (Å²) in [5.74, 6) is 0.807. The molecule has 0 saturated carbocycles. The van der Waals surface area contributed by atoms with Crippen LogP contribution >= 0.6 is 11.3 Å². The van der Waals surface area contributed by atoms with E-state index < -0.39 is 0 Å². The van der Waals surface area contributed by atoms with Gasteiger partial charge in [0.2, 0.25) is 0 Å². The number of aryl methyl sites for hydroxylation is 1. The average molecular weight is 219 g/mol. The third-order valence-electron chi connectivity index (χ3n) is 2.12. The molecule has 0 spiro atoms. The van der Waals surface area contributed by atoms with Crippen molar-refractivity contribution in [1.82, 2.24) is 9.97 Å². The Morgan fingerprint density at radius 1 is 1.27 bits per heavy atom. The highest BCUT2D eigenvalue weighted by Gasteiger charge is 2.01. The fraction of sp³-hybridized carbons (Fsp3) is 0.273. The molecule has 3 nitrogen and oxygen atoms in total. The summed E-state index contributed by atoms with van der Waals surface area (Å²) in [6, 6.07) is 4.03. The number of hydrogen-bond acceptors (Lipinski definition) is 4. The summed E-state index contributed by atoms with van der Waals surface area (Å²) < 4.78 is 0. The maximum absolute atomic E-state index is 5.44. The van der Waals surface area contributed by atoms with Gasteiger partial charge in [0.1, 0.15) is 0 Å². The van der Waals surface area contributed by atoms with Gasteiger partial charge in [-0.15, -0.1) is 11.3 Å². The lowest BCUT2D eigenvalue weighted by Crippen LogP contribution is -2.01. The molecular formula is C11H13N3S. The van der Waals surface area contributed by atoms with Crippen molar-refractivity contribution in [2.24, 2.45) is 5.73 Å². The molecule has 0 aliphatic rings. The van der Waals surface area contributed by atoms with Crippen LogP contribution in [0.4, 0.5) is 0 Å². The number of rotatable bonds is 4. The van der Waals surface area contributed by atoms with Gasteiger partial charge in [0.15, 0.2) is 5.82 Å². The molecule has 0 atom stereocenters. The van der Waals surface area contributed by atoms with Gasteiger partial charge in [0, 0.05) is 12.4 Å². The Morgan fingerprint density at radius 3 is 2.67 bits per heavy atom. The molecule has 0 radical (unpaired) electrons. The molecule has 0 amide bonds. The highest BCUT2D eigenvalue weighted by Crippen LogP contribution is 2.20. The first-order chi connectivity index (χ1) is 7.40. The smallest absolute Gasteiger partial charge is 0.169 e. The Bertz CT molecular complexity index is 394. The lowest BCUT2D eigenvalue weighted by Gasteiger charge is -1.99. The van der Waals surface area contributed by atoms with Crippen molar-refractivity contribution in [2.45, 2.75) is 12.8 Å². The molecule has 0 fully saturated rings. The van der Waals surface area contributed by atoms with E-state index in [4.69, 9.17) is 5.73 Å². The van der Waals surface area contributed by atoms with Crippen molar-refractivity contribution in [3.05, 3.63) is 35.5 Å². The van der Waals surface area contributed by atoms with Crippen molar-refractivity contribution < 1.29 is 0 Å². The van der Waals surface area contributed by atoms with Gasteiger partial charge in [0.05, 0.1) is 4.88 Å². The molecule has 78 valence electrons. The molecule has 2 heterocycles. The zero-order valence-electron chi connectivity index (χ0n) is 8.39. The summed E-state index contributed by atoms with van der Waals surface area (Å²) in [4.78, 5) is 9.78. The van der Waals surface area contributed by atoms with Crippen molar-refractivity contribution in [3.8, 4) is 10.7 Å². The maximum atomic E-state index is 5.44. The third-order valence-corrected chi connectivity index (χ3v) is 2.98. The predicted molar refractivity (Wildman–Crippen MR) is 62.7 cm³/mol. The number of aromatic nitrogens is 2. The molecule has 0 aromatic carbocycles. The van der Waals surface area contributed by atoms with Gasteiger partial charge < -0.3 is 5.73 Å². The third kappa shape index (κ3) is 2.61. The second kappa shape index (κ2) is 5.00. The van der Waals surface area contributed by atoms with Gasteiger partial charge in [-0.05, 0) is 36.4 Å². The Hall–Kier alpha value is -1.26. The summed E-state index contributed by atoms with van der Waals surface area (Å²) in [6.45, 7) is 0.715. The summed E-state index contributed by atoms with van der Waals surface area (Å²) >= 11 is 1.65. The van der Waals surface area contributed by atoms with Gasteiger partial charge in [-0.3, -0.25) is 0 Å². The van der Waals surface area contributed by atoms with Crippen LogP contribution in [0.2, 0.25) is 0 Å². The minimum atomic E-state index is 0.715. The minimum Gasteiger partial charge on any atom is -0.330 e. The second-order valence-electron chi connectivity index (χ2n) is 3.28. The van der Waals surface area contributed by atoms with E-state index in [2.05, 4.69) is 9.97 Å². The van der Waals surface area contributed by atoms with Gasteiger partial charge in [-0.2, -0.15) is 0 Å². The molecule has 15 heavy (non-hydrogen) atoms. The Balaban J connectivity index is 2.11. The molecule has 0 aliphatic heterocycles. The van der Waals surface area contributed by atoms with Crippen molar-refractivity contribution in [2.75, 3.05) is 6.54 Å². The SMILES string of the molecule is NCCCc1cnc(-c2cccs2)nc1. The first-order valence-corrected chi connectivity index (χ1v) is 5.83. The first kappa shape index (κ1) is 10.3. The number of nitrogens with zero attached hydrogens (tertiary/aromatic N) is 2. The quantitative estimate of drug-likeness (QED) is 0.856. The zero-order chi connectivity index (χ0) is 10.5. The summed E-state index contributed by atoms with van der Waals surface area (Å²) in [7, 11) is 0. The van der Waals surface area contributed by atoms with Crippen LogP contribution in [0.5, 0.6) is 0 Å². The van der Waals surface area contributed by atoms with Crippen LogP contribution in [-0.2, 0) is 6.42 Å². The van der Waals surface area contributed by atoms with Gasteiger partial charge in [-0.1, -0.05) is 6.07 Å². The summed E-state index contributed by atoms with van der Waals surface area (Å²) in [6.07, 6.45) is 5.72. The molecule has 4 heteroatoms. The van der Waals surface area contributed by atoms with E-state index in [9.17, 15) is 0 Å². The van der Waals surface area contributed by atoms with E-state index in [1.54, 1.807) is 11.3 Å². The topological polar surface area (TPSA) is 51.8 Å². The van der Waals surface area contributed by atoms with E-state index in [0.29, 0.717) is 6.54 Å². The van der Waals surface area contributed by atoms with E-state index in [1.165, 1.54) is 0 Å². The molecule has 0 saturated heterocycles. The van der Waals surface area contributed by atoms with Crippen molar-refractivity contribution in [1.29, 1.82) is 0 Å². The summed E-state index contributed by atoms with van der Waals surface area (Å²) in [5.41, 5.74) is 6.60. The predicted octanol–water partition coefficient (Wildman–Crippen LogP) is 2.10. The number of hydrogen-bond donors (Lipinski definition) is 1. The van der Waals surface area contributed by atoms with E-state index >= 15 is 0 Å². The first-order valence-electron chi connectivity index (χ1n) is 4.95. The maximum Gasteiger partial charge on any atom is 0.169 e. The van der Waals surface area contributed by atoms with Crippen LogP contribution in [0.3, 0.4) is 0 Å². The zero-order valence-corrected chi connectivity index (χ0v) is 9.20. The molecule has 2 rings (SSSR count). The summed E-state index contributed by atoms with van der Waals surface area (Å²) in [5, 5.41) is 2.03. The van der Waals surface area contributed by atoms with Crippen LogP contribution in [0.25, 0.3) is 10.7 Å². The van der Waals surface area contributed by atoms with Gasteiger partial charge >= 0.3 is 0 Å². The van der Waals surface area contributed by atoms with Crippen LogP contribution < -0.4 is 5.73 Å². The monoisotopic (exact) mass is 219 g/mol. The molecule has 2 aromatic rings. The fourth-order valence-electron chi connectivity index (χ4n) is 1.32. The van der Waals surface area contributed by atoms with Crippen LogP contribution in [0, 0.1) is 0 Å². The molecule has 2 aromatic heterocycles. The largest absolute Gasteiger partial charge is 0.330 e. The highest BCUT2D eigenvalue weighted by atomic mass is 32.1. The standard InChI is InChI=1S/C11H13N3S/c12-5-1-3-9-7-13-11(14-8-9)10-4-2-6-15-10/h2,4,6-8H,1,3,5,12H2. The molecule has 0 unspecified atom stereocenters. The van der Waals surface area contributed by atoms with Crippen molar-refractivity contribution >= 4 is 11.3 Å². The molecule has 0 bridgehead atoms. The average Bonchev–Trinajstić information content (AvgIpc) is 2.80. The second-order valence-corrected chi connectivity index (χ2v) is 4.23. The van der Waals surface area contributed by atoms with Crippen molar-refractivity contribution in [3.63, 3.8) is 0 Å². The molecular weight excluding hydrogens is 206 g/mol. The van der Waals surface area contributed by atoms with Crippen LogP contribution in [0.1, 0.15) is 12.0 Å². The lowest BCUT2D eigenvalue weighted by molar-refractivity contribution is 0.824. The highest BCUT2D eigenvalue weighted by molar-refractivity contribution is 7.13. The van der Waals surface area contributed by atoms with Gasteiger partial charge in [0.25, 0.3) is 0 Å². The molecule has 0 aliphatic carbocycles. The van der Waals surface area contributed by atoms with E-state index in [-0.39, 0.29) is 0 Å². The number of nitrogens with two attached hydrogens (primary N) is 1. The van der Waals surface area contributed by atoms with E-state index in [0.717, 1.165) is 29.1 Å². The number of thiophene rings is 1.